The second kappa shape index (κ2) is 3.77. The first kappa shape index (κ1) is 7.80. The van der Waals surface area contributed by atoms with Gasteiger partial charge in [-0.3, -0.25) is 0 Å². The summed E-state index contributed by atoms with van der Waals surface area (Å²) in [6.45, 7) is 2.55. The standard InChI is InChI=1S/C9H16O/c1-2-8-5-3-4-6-9(8)7-10/h3,5,8-10H,2,4,6-7H2,1H3. The summed E-state index contributed by atoms with van der Waals surface area (Å²) in [5, 5.41) is 8.96. The maximum absolute atomic E-state index is 8.96. The van der Waals surface area contributed by atoms with Crippen LogP contribution in [0, 0.1) is 11.8 Å². The Morgan fingerprint density at radius 2 is 2.40 bits per heavy atom. The lowest BCUT2D eigenvalue weighted by molar-refractivity contribution is 0.179. The predicted octanol–water partition coefficient (Wildman–Crippen LogP) is 1.97. The Kier molecular flexibility index (Phi) is 2.94. The van der Waals surface area contributed by atoms with Gasteiger partial charge in [-0.2, -0.15) is 0 Å². The number of rotatable bonds is 2. The molecule has 58 valence electrons. The van der Waals surface area contributed by atoms with Crippen molar-refractivity contribution in [1.29, 1.82) is 0 Å². The highest BCUT2D eigenvalue weighted by Crippen LogP contribution is 2.26. The van der Waals surface area contributed by atoms with E-state index in [0.29, 0.717) is 18.4 Å². The number of hydrogen-bond acceptors (Lipinski definition) is 1. The summed E-state index contributed by atoms with van der Waals surface area (Å²) in [5.74, 6) is 1.17. The molecule has 0 heterocycles. The Labute approximate surface area is 62.8 Å². The lowest BCUT2D eigenvalue weighted by Gasteiger charge is -2.24. The van der Waals surface area contributed by atoms with Gasteiger partial charge in [0, 0.05) is 6.61 Å². The second-order valence-corrected chi connectivity index (χ2v) is 3.02. The molecule has 1 heteroatoms. The molecule has 2 atom stereocenters. The molecule has 0 aromatic heterocycles. The summed E-state index contributed by atoms with van der Waals surface area (Å²) in [6.07, 6.45) is 7.99. The van der Waals surface area contributed by atoms with Gasteiger partial charge in [0.1, 0.15) is 0 Å². The molecule has 1 aliphatic rings. The van der Waals surface area contributed by atoms with E-state index in [1.54, 1.807) is 0 Å². The van der Waals surface area contributed by atoms with E-state index in [4.69, 9.17) is 5.11 Å². The third-order valence-electron chi connectivity index (χ3n) is 2.40. The molecule has 1 aliphatic carbocycles. The monoisotopic (exact) mass is 140 g/mol. The zero-order valence-corrected chi connectivity index (χ0v) is 6.59. The Hall–Kier alpha value is -0.300. The molecule has 0 aromatic carbocycles. The van der Waals surface area contributed by atoms with E-state index in [1.165, 1.54) is 12.8 Å². The van der Waals surface area contributed by atoms with Gasteiger partial charge in [-0.25, -0.2) is 0 Å². The van der Waals surface area contributed by atoms with Crippen LogP contribution in [0.1, 0.15) is 26.2 Å². The van der Waals surface area contributed by atoms with Crippen molar-refractivity contribution in [2.45, 2.75) is 26.2 Å². The van der Waals surface area contributed by atoms with Gasteiger partial charge >= 0.3 is 0 Å². The number of aliphatic hydroxyl groups is 1. The van der Waals surface area contributed by atoms with E-state index in [-0.39, 0.29) is 0 Å². The van der Waals surface area contributed by atoms with Gasteiger partial charge in [0.25, 0.3) is 0 Å². The highest BCUT2D eigenvalue weighted by atomic mass is 16.3. The fourth-order valence-corrected chi connectivity index (χ4v) is 1.65. The van der Waals surface area contributed by atoms with Crippen LogP contribution in [0.3, 0.4) is 0 Å². The van der Waals surface area contributed by atoms with Gasteiger partial charge in [0.05, 0.1) is 0 Å². The summed E-state index contributed by atoms with van der Waals surface area (Å²) < 4.78 is 0. The van der Waals surface area contributed by atoms with Crippen molar-refractivity contribution in [1.82, 2.24) is 0 Å². The van der Waals surface area contributed by atoms with Crippen LogP contribution in [0.2, 0.25) is 0 Å². The van der Waals surface area contributed by atoms with Gasteiger partial charge in [-0.1, -0.05) is 19.1 Å². The van der Waals surface area contributed by atoms with Gasteiger partial charge in [0.15, 0.2) is 0 Å². The fourth-order valence-electron chi connectivity index (χ4n) is 1.65. The first-order valence-corrected chi connectivity index (χ1v) is 4.16. The quantitative estimate of drug-likeness (QED) is 0.581. The van der Waals surface area contributed by atoms with Crippen molar-refractivity contribution < 1.29 is 5.11 Å². The second-order valence-electron chi connectivity index (χ2n) is 3.02. The number of aliphatic hydroxyl groups excluding tert-OH is 1. The van der Waals surface area contributed by atoms with E-state index < -0.39 is 0 Å². The summed E-state index contributed by atoms with van der Waals surface area (Å²) in [7, 11) is 0. The molecule has 1 rings (SSSR count). The van der Waals surface area contributed by atoms with Gasteiger partial charge in [-0.05, 0) is 31.1 Å². The largest absolute Gasteiger partial charge is 0.396 e. The van der Waals surface area contributed by atoms with E-state index in [0.717, 1.165) is 6.42 Å². The van der Waals surface area contributed by atoms with E-state index in [9.17, 15) is 0 Å². The topological polar surface area (TPSA) is 20.2 Å². The molecule has 0 amide bonds. The molecule has 1 nitrogen and oxygen atoms in total. The number of allylic oxidation sites excluding steroid dienone is 2. The summed E-state index contributed by atoms with van der Waals surface area (Å²) >= 11 is 0. The van der Waals surface area contributed by atoms with E-state index >= 15 is 0 Å². The molecule has 0 saturated carbocycles. The van der Waals surface area contributed by atoms with Gasteiger partial charge < -0.3 is 5.11 Å². The zero-order chi connectivity index (χ0) is 7.40. The Bertz CT molecular complexity index is 118. The highest BCUT2D eigenvalue weighted by molar-refractivity contribution is 4.96. The maximum Gasteiger partial charge on any atom is 0.0465 e. The maximum atomic E-state index is 8.96. The molecule has 0 radical (unpaired) electrons. The summed E-state index contributed by atoms with van der Waals surface area (Å²) in [6, 6.07) is 0. The van der Waals surface area contributed by atoms with Crippen LogP contribution in [0.25, 0.3) is 0 Å². The molecule has 10 heavy (non-hydrogen) atoms. The first-order chi connectivity index (χ1) is 4.88. The van der Waals surface area contributed by atoms with Crippen LogP contribution in [0.15, 0.2) is 12.2 Å². The smallest absolute Gasteiger partial charge is 0.0465 e. The molecular weight excluding hydrogens is 124 g/mol. The van der Waals surface area contributed by atoms with Crippen LogP contribution in [-0.4, -0.2) is 11.7 Å². The highest BCUT2D eigenvalue weighted by Gasteiger charge is 2.18. The molecule has 0 spiro atoms. The van der Waals surface area contributed by atoms with Crippen molar-refractivity contribution in [2.75, 3.05) is 6.61 Å². The summed E-state index contributed by atoms with van der Waals surface area (Å²) in [5.41, 5.74) is 0. The average Bonchev–Trinajstić information content (AvgIpc) is 2.04. The Morgan fingerprint density at radius 1 is 1.60 bits per heavy atom. The van der Waals surface area contributed by atoms with E-state index in [1.807, 2.05) is 0 Å². The average molecular weight is 140 g/mol. The van der Waals surface area contributed by atoms with Crippen LogP contribution in [0.4, 0.5) is 0 Å². The zero-order valence-electron chi connectivity index (χ0n) is 6.59. The lowest BCUT2D eigenvalue weighted by Crippen LogP contribution is -2.18. The first-order valence-electron chi connectivity index (χ1n) is 4.16. The van der Waals surface area contributed by atoms with Crippen molar-refractivity contribution in [3.8, 4) is 0 Å². The molecule has 2 unspecified atom stereocenters. The molecule has 0 bridgehead atoms. The van der Waals surface area contributed by atoms with Crippen molar-refractivity contribution >= 4 is 0 Å². The fraction of sp³-hybridized carbons (Fsp3) is 0.778. The minimum absolute atomic E-state index is 0.364. The molecule has 0 aliphatic heterocycles. The molecule has 0 aromatic rings. The summed E-state index contributed by atoms with van der Waals surface area (Å²) in [4.78, 5) is 0. The van der Waals surface area contributed by atoms with Crippen LogP contribution >= 0.6 is 0 Å². The van der Waals surface area contributed by atoms with Crippen LogP contribution < -0.4 is 0 Å². The van der Waals surface area contributed by atoms with Crippen LogP contribution in [-0.2, 0) is 0 Å². The van der Waals surface area contributed by atoms with Crippen molar-refractivity contribution in [3.05, 3.63) is 12.2 Å². The molecular formula is C9H16O. The lowest BCUT2D eigenvalue weighted by atomic mass is 9.83. The van der Waals surface area contributed by atoms with Gasteiger partial charge in [-0.15, -0.1) is 0 Å². The normalized spacial score (nSPS) is 32.6. The molecule has 0 saturated heterocycles. The predicted molar refractivity (Wildman–Crippen MR) is 42.7 cm³/mol. The molecule has 0 fully saturated rings. The third kappa shape index (κ3) is 1.60. The van der Waals surface area contributed by atoms with Gasteiger partial charge in [0.2, 0.25) is 0 Å². The Morgan fingerprint density at radius 3 is 2.90 bits per heavy atom. The SMILES string of the molecule is CCC1C=CCCC1CO. The molecule has 1 N–H and O–H groups in total. The minimum Gasteiger partial charge on any atom is -0.396 e. The third-order valence-corrected chi connectivity index (χ3v) is 2.40. The minimum atomic E-state index is 0.364. The van der Waals surface area contributed by atoms with E-state index in [2.05, 4.69) is 19.1 Å². The number of hydrogen-bond donors (Lipinski definition) is 1. The van der Waals surface area contributed by atoms with Crippen molar-refractivity contribution in [3.63, 3.8) is 0 Å². The van der Waals surface area contributed by atoms with Crippen molar-refractivity contribution in [2.24, 2.45) is 11.8 Å². The Balaban J connectivity index is 2.47. The van der Waals surface area contributed by atoms with Crippen LogP contribution in [0.5, 0.6) is 0 Å².